The van der Waals surface area contributed by atoms with Crippen molar-refractivity contribution in [1.82, 2.24) is 14.7 Å². The molecule has 2 aromatic carbocycles. The van der Waals surface area contributed by atoms with Gasteiger partial charge in [-0.1, -0.05) is 17.3 Å². The van der Waals surface area contributed by atoms with Gasteiger partial charge in [0.25, 0.3) is 0 Å². The number of H-pyrrole nitrogens is 1. The Labute approximate surface area is 137 Å². The van der Waals surface area contributed by atoms with Gasteiger partial charge in [-0.05, 0) is 42.0 Å². The van der Waals surface area contributed by atoms with E-state index in [4.69, 9.17) is 4.74 Å². The number of methoxy groups -OCH3 is 1. The summed E-state index contributed by atoms with van der Waals surface area (Å²) in [6, 6.07) is 16.0. The van der Waals surface area contributed by atoms with Crippen molar-refractivity contribution in [3.8, 4) is 17.1 Å². The summed E-state index contributed by atoms with van der Waals surface area (Å²) < 4.78 is 12.0. The molecule has 0 fully saturated rings. The first-order chi connectivity index (χ1) is 11.7. The molecule has 0 unspecified atom stereocenters. The fourth-order valence-electron chi connectivity index (χ4n) is 2.81. The van der Waals surface area contributed by atoms with Gasteiger partial charge in [-0.25, -0.2) is 4.79 Å². The van der Waals surface area contributed by atoms with Crippen LogP contribution in [0.3, 0.4) is 0 Å². The number of nitrogens with one attached hydrogen (secondary N) is 1. The summed E-state index contributed by atoms with van der Waals surface area (Å²) in [4.78, 5) is 13.7. The topological polar surface area (TPSA) is 73.0 Å². The number of benzene rings is 2. The average Bonchev–Trinajstić information content (AvgIpc) is 3.21. The first-order valence-electron chi connectivity index (χ1n) is 7.51. The third kappa shape index (κ3) is 2.58. The lowest BCUT2D eigenvalue weighted by Crippen LogP contribution is -1.98. The molecule has 1 N–H and O–H groups in total. The lowest BCUT2D eigenvalue weighted by molar-refractivity contribution is 0.388. The zero-order valence-corrected chi connectivity index (χ0v) is 13.0. The van der Waals surface area contributed by atoms with Gasteiger partial charge < -0.3 is 9.30 Å². The highest BCUT2D eigenvalue weighted by atomic mass is 16.5. The summed E-state index contributed by atoms with van der Waals surface area (Å²) in [6.07, 6.45) is 2.04. The maximum absolute atomic E-state index is 11.1. The Morgan fingerprint density at radius 1 is 1.21 bits per heavy atom. The number of rotatable bonds is 4. The summed E-state index contributed by atoms with van der Waals surface area (Å²) in [6.45, 7) is 0.751. The molecule has 0 saturated heterocycles. The smallest absolute Gasteiger partial charge is 0.439 e. The van der Waals surface area contributed by atoms with Crippen molar-refractivity contribution in [3.05, 3.63) is 70.8 Å². The molecule has 24 heavy (non-hydrogen) atoms. The molecule has 6 nitrogen and oxygen atoms in total. The van der Waals surface area contributed by atoms with Gasteiger partial charge in [0.05, 0.1) is 7.11 Å². The van der Waals surface area contributed by atoms with Crippen molar-refractivity contribution in [2.75, 3.05) is 7.11 Å². The van der Waals surface area contributed by atoms with Crippen LogP contribution in [-0.4, -0.2) is 21.8 Å². The van der Waals surface area contributed by atoms with Crippen molar-refractivity contribution in [1.29, 1.82) is 0 Å². The summed E-state index contributed by atoms with van der Waals surface area (Å²) in [5, 5.41) is 4.79. The minimum Gasteiger partial charge on any atom is -0.497 e. The van der Waals surface area contributed by atoms with Crippen molar-refractivity contribution >= 4 is 10.9 Å². The van der Waals surface area contributed by atoms with Gasteiger partial charge in [0.15, 0.2) is 5.82 Å². The predicted molar refractivity (Wildman–Crippen MR) is 90.2 cm³/mol. The summed E-state index contributed by atoms with van der Waals surface area (Å²) in [5.74, 6) is 0.726. The van der Waals surface area contributed by atoms with Crippen LogP contribution in [0.5, 0.6) is 5.75 Å². The van der Waals surface area contributed by atoms with E-state index in [2.05, 4.69) is 25.3 Å². The number of ether oxygens (including phenoxy) is 1. The van der Waals surface area contributed by atoms with Crippen molar-refractivity contribution in [2.24, 2.45) is 0 Å². The van der Waals surface area contributed by atoms with Gasteiger partial charge in [0.1, 0.15) is 5.75 Å². The number of hydrogen-bond acceptors (Lipinski definition) is 4. The monoisotopic (exact) mass is 321 g/mol. The van der Waals surface area contributed by atoms with Crippen LogP contribution in [0, 0.1) is 0 Å². The molecule has 2 aromatic heterocycles. The Kier molecular flexibility index (Phi) is 3.42. The molecule has 0 bridgehead atoms. The molecule has 0 atom stereocenters. The quantitative estimate of drug-likeness (QED) is 0.627. The molecular formula is C18H15N3O3. The molecular weight excluding hydrogens is 306 g/mol. The van der Waals surface area contributed by atoms with Gasteiger partial charge in [0.2, 0.25) is 0 Å². The predicted octanol–water partition coefficient (Wildman–Crippen LogP) is 3.04. The lowest BCUT2D eigenvalue weighted by Gasteiger charge is -2.08. The third-order valence-electron chi connectivity index (χ3n) is 3.97. The highest BCUT2D eigenvalue weighted by Gasteiger charge is 2.08. The van der Waals surface area contributed by atoms with E-state index in [1.54, 1.807) is 7.11 Å². The Bertz CT molecular complexity index is 1060. The molecule has 0 amide bonds. The van der Waals surface area contributed by atoms with Gasteiger partial charge >= 0.3 is 5.76 Å². The number of aromatic nitrogens is 3. The molecule has 0 aliphatic carbocycles. The van der Waals surface area contributed by atoms with E-state index >= 15 is 0 Å². The molecule has 0 spiro atoms. The minimum atomic E-state index is -0.555. The number of hydrogen-bond donors (Lipinski definition) is 1. The van der Waals surface area contributed by atoms with Crippen molar-refractivity contribution in [2.45, 2.75) is 6.54 Å². The summed E-state index contributed by atoms with van der Waals surface area (Å²) in [5.41, 5.74) is 3.08. The molecule has 120 valence electrons. The summed E-state index contributed by atoms with van der Waals surface area (Å²) >= 11 is 0. The van der Waals surface area contributed by atoms with Crippen LogP contribution < -0.4 is 10.5 Å². The Morgan fingerprint density at radius 2 is 2.12 bits per heavy atom. The zero-order valence-electron chi connectivity index (χ0n) is 13.0. The summed E-state index contributed by atoms with van der Waals surface area (Å²) in [7, 11) is 1.67. The van der Waals surface area contributed by atoms with E-state index in [0.717, 1.165) is 34.3 Å². The largest absolute Gasteiger partial charge is 0.497 e. The number of fused-ring (bicyclic) bond motifs is 1. The molecule has 0 radical (unpaired) electrons. The molecule has 6 heteroatoms. The van der Waals surface area contributed by atoms with Gasteiger partial charge in [0, 0.05) is 29.2 Å². The third-order valence-corrected chi connectivity index (χ3v) is 3.97. The SMILES string of the molecule is COc1cccc(Cn2ccc3cc(-c4noc(=O)[nH]4)ccc32)c1. The normalized spacial score (nSPS) is 11.0. The molecule has 4 rings (SSSR count). The van der Waals surface area contributed by atoms with Crippen LogP contribution in [0.4, 0.5) is 0 Å². The van der Waals surface area contributed by atoms with Crippen LogP contribution >= 0.6 is 0 Å². The number of aromatic amines is 1. The zero-order chi connectivity index (χ0) is 16.5. The fraction of sp³-hybridized carbons (Fsp3) is 0.111. The van der Waals surface area contributed by atoms with Gasteiger partial charge in [-0.2, -0.15) is 0 Å². The first kappa shape index (κ1) is 14.3. The van der Waals surface area contributed by atoms with Gasteiger partial charge in [-0.15, -0.1) is 0 Å². The fourth-order valence-corrected chi connectivity index (χ4v) is 2.81. The van der Waals surface area contributed by atoms with E-state index < -0.39 is 5.76 Å². The molecule has 0 aliphatic rings. The van der Waals surface area contributed by atoms with Crippen LogP contribution in [0.1, 0.15) is 5.56 Å². The van der Waals surface area contributed by atoms with E-state index in [9.17, 15) is 4.79 Å². The Hall–Kier alpha value is -3.28. The van der Waals surface area contributed by atoms with Crippen LogP contribution in [-0.2, 0) is 6.54 Å². The lowest BCUT2D eigenvalue weighted by atomic mass is 10.1. The second-order valence-electron chi connectivity index (χ2n) is 5.51. The minimum absolute atomic E-state index is 0.433. The van der Waals surface area contributed by atoms with Crippen LogP contribution in [0.15, 0.2) is 64.0 Å². The van der Waals surface area contributed by atoms with E-state index in [1.165, 1.54) is 0 Å². The highest BCUT2D eigenvalue weighted by Crippen LogP contribution is 2.24. The standard InChI is InChI=1S/C18H15N3O3/c1-23-15-4-2-3-12(9-15)11-21-8-7-13-10-14(5-6-16(13)21)17-19-18(22)24-20-17/h2-10H,11H2,1H3,(H,19,20,22). The van der Waals surface area contributed by atoms with Gasteiger partial charge in [-0.3, -0.25) is 9.51 Å². The number of nitrogens with zero attached hydrogens (tertiary/aromatic N) is 2. The molecule has 4 aromatic rings. The molecule has 0 saturated carbocycles. The van der Waals surface area contributed by atoms with E-state index in [1.807, 2.05) is 48.7 Å². The second kappa shape index (κ2) is 5.73. The first-order valence-corrected chi connectivity index (χ1v) is 7.51. The van der Waals surface area contributed by atoms with Crippen LogP contribution in [0.2, 0.25) is 0 Å². The highest BCUT2D eigenvalue weighted by molar-refractivity contribution is 5.84. The van der Waals surface area contributed by atoms with Crippen molar-refractivity contribution in [3.63, 3.8) is 0 Å². The maximum Gasteiger partial charge on any atom is 0.439 e. The maximum atomic E-state index is 11.1. The average molecular weight is 321 g/mol. The second-order valence-corrected chi connectivity index (χ2v) is 5.51. The van der Waals surface area contributed by atoms with E-state index in [0.29, 0.717) is 5.82 Å². The Morgan fingerprint density at radius 3 is 2.92 bits per heavy atom. The van der Waals surface area contributed by atoms with Crippen LogP contribution in [0.25, 0.3) is 22.3 Å². The molecule has 2 heterocycles. The molecule has 0 aliphatic heterocycles. The Balaban J connectivity index is 1.69. The van der Waals surface area contributed by atoms with Crippen molar-refractivity contribution < 1.29 is 9.26 Å². The van der Waals surface area contributed by atoms with E-state index in [-0.39, 0.29) is 0 Å².